The molecule has 1 aliphatic rings. The van der Waals surface area contributed by atoms with Crippen molar-refractivity contribution < 1.29 is 13.4 Å². The van der Waals surface area contributed by atoms with Gasteiger partial charge < -0.3 is 9.16 Å². The van der Waals surface area contributed by atoms with Crippen molar-refractivity contribution in [3.05, 3.63) is 30.3 Å². The van der Waals surface area contributed by atoms with Gasteiger partial charge in [-0.3, -0.25) is 4.21 Å². The van der Waals surface area contributed by atoms with Crippen LogP contribution < -0.4 is 0 Å². The molecule has 23 heavy (non-hydrogen) atoms. The number of epoxide rings is 1. The van der Waals surface area contributed by atoms with Gasteiger partial charge in [-0.15, -0.1) is 0 Å². The molecule has 1 fully saturated rings. The topological polar surface area (TPSA) is 38.8 Å². The third kappa shape index (κ3) is 4.53. The van der Waals surface area contributed by atoms with Gasteiger partial charge in [-0.25, -0.2) is 0 Å². The monoisotopic (exact) mass is 354 g/mol. The van der Waals surface area contributed by atoms with Gasteiger partial charge in [0.05, 0.1) is 16.9 Å². The van der Waals surface area contributed by atoms with Crippen LogP contribution in [0.1, 0.15) is 40.5 Å². The van der Waals surface area contributed by atoms with E-state index in [-0.39, 0.29) is 22.7 Å². The molecule has 2 rings (SSSR count). The van der Waals surface area contributed by atoms with Gasteiger partial charge in [0, 0.05) is 4.90 Å². The Kier molecular flexibility index (Phi) is 5.88. The molecule has 0 aliphatic carbocycles. The van der Waals surface area contributed by atoms with Crippen molar-refractivity contribution in [3.63, 3.8) is 0 Å². The van der Waals surface area contributed by atoms with Gasteiger partial charge in [-0.1, -0.05) is 52.3 Å². The first-order valence-electron chi connectivity index (χ1n) is 8.46. The number of hydrogen-bond donors (Lipinski definition) is 0. The van der Waals surface area contributed by atoms with E-state index in [0.29, 0.717) is 0 Å². The summed E-state index contributed by atoms with van der Waals surface area (Å²) in [6.07, 6.45) is 2.02. The SMILES string of the molecule is CCC[C@H](O[Si](C)(C)C(C)(C)C)[C@H]1O[C@@H]1S(=O)c1ccccc1. The molecule has 0 N–H and O–H groups in total. The van der Waals surface area contributed by atoms with Crippen LogP contribution in [0, 0.1) is 0 Å². The summed E-state index contributed by atoms with van der Waals surface area (Å²) in [5, 5.41) is 0.169. The van der Waals surface area contributed by atoms with Crippen molar-refractivity contribution in [2.45, 2.75) is 81.2 Å². The predicted molar refractivity (Wildman–Crippen MR) is 98.5 cm³/mol. The normalized spacial score (nSPS) is 24.3. The van der Waals surface area contributed by atoms with Gasteiger partial charge in [0.15, 0.2) is 13.8 Å². The smallest absolute Gasteiger partial charge is 0.192 e. The predicted octanol–water partition coefficient (Wildman–Crippen LogP) is 4.71. The Hall–Kier alpha value is -0.493. The van der Waals surface area contributed by atoms with Crippen molar-refractivity contribution in [1.29, 1.82) is 0 Å². The van der Waals surface area contributed by atoms with Crippen molar-refractivity contribution in [3.8, 4) is 0 Å². The Labute approximate surface area is 144 Å². The number of ether oxygens (including phenoxy) is 1. The van der Waals surface area contributed by atoms with E-state index in [1.165, 1.54) is 0 Å². The lowest BCUT2D eigenvalue weighted by atomic mass is 10.1. The van der Waals surface area contributed by atoms with Gasteiger partial charge in [-0.2, -0.15) is 0 Å². The second-order valence-electron chi connectivity index (χ2n) is 7.78. The van der Waals surface area contributed by atoms with E-state index in [4.69, 9.17) is 9.16 Å². The highest BCUT2D eigenvalue weighted by Crippen LogP contribution is 2.41. The minimum Gasteiger partial charge on any atom is -0.411 e. The van der Waals surface area contributed by atoms with Crippen LogP contribution >= 0.6 is 0 Å². The van der Waals surface area contributed by atoms with E-state index in [2.05, 4.69) is 40.8 Å². The third-order valence-electron chi connectivity index (χ3n) is 4.86. The van der Waals surface area contributed by atoms with Crippen molar-refractivity contribution in [2.75, 3.05) is 0 Å². The van der Waals surface area contributed by atoms with Gasteiger partial charge in [-0.05, 0) is 36.7 Å². The molecule has 1 aromatic rings. The summed E-state index contributed by atoms with van der Waals surface area (Å²) in [6, 6.07) is 9.57. The maximum Gasteiger partial charge on any atom is 0.192 e. The molecule has 5 heteroatoms. The Bertz CT molecular complexity index is 539. The fourth-order valence-corrected chi connectivity index (χ4v) is 5.07. The number of rotatable bonds is 7. The second-order valence-corrected chi connectivity index (χ2v) is 14.1. The van der Waals surface area contributed by atoms with E-state index >= 15 is 0 Å². The van der Waals surface area contributed by atoms with Crippen molar-refractivity contribution >= 4 is 19.1 Å². The Morgan fingerprint density at radius 3 is 2.39 bits per heavy atom. The highest BCUT2D eigenvalue weighted by Gasteiger charge is 2.52. The molecule has 3 nitrogen and oxygen atoms in total. The summed E-state index contributed by atoms with van der Waals surface area (Å²) in [7, 11) is -2.97. The first kappa shape index (κ1) is 18.8. The molecule has 1 aromatic carbocycles. The maximum absolute atomic E-state index is 12.6. The van der Waals surface area contributed by atoms with Crippen molar-refractivity contribution in [1.82, 2.24) is 0 Å². The molecule has 0 aromatic heterocycles. The summed E-state index contributed by atoms with van der Waals surface area (Å²) in [4.78, 5) is 0.836. The molecule has 1 heterocycles. The van der Waals surface area contributed by atoms with Gasteiger partial charge in [0.1, 0.15) is 6.10 Å². The van der Waals surface area contributed by atoms with Gasteiger partial charge in [0.25, 0.3) is 0 Å². The van der Waals surface area contributed by atoms with Crippen LogP contribution in [0.2, 0.25) is 18.1 Å². The number of benzene rings is 1. The third-order valence-corrected chi connectivity index (χ3v) is 10.9. The summed E-state index contributed by atoms with van der Waals surface area (Å²) >= 11 is 0. The average Bonchev–Trinajstić information content (AvgIpc) is 3.26. The highest BCUT2D eigenvalue weighted by molar-refractivity contribution is 7.85. The van der Waals surface area contributed by atoms with Crippen LogP contribution in [0.4, 0.5) is 0 Å². The molecule has 1 saturated heterocycles. The quantitative estimate of drug-likeness (QED) is 0.526. The first-order chi connectivity index (χ1) is 10.7. The van der Waals surface area contributed by atoms with Crippen LogP contribution in [0.25, 0.3) is 0 Å². The zero-order valence-electron chi connectivity index (χ0n) is 15.2. The average molecular weight is 355 g/mol. The molecular weight excluding hydrogens is 324 g/mol. The first-order valence-corrected chi connectivity index (χ1v) is 12.6. The van der Waals surface area contributed by atoms with Crippen LogP contribution in [-0.2, 0) is 20.0 Å². The van der Waals surface area contributed by atoms with Crippen LogP contribution in [0.3, 0.4) is 0 Å². The zero-order valence-corrected chi connectivity index (χ0v) is 17.0. The van der Waals surface area contributed by atoms with Crippen LogP contribution in [0.5, 0.6) is 0 Å². The zero-order chi connectivity index (χ0) is 17.3. The molecule has 130 valence electrons. The Morgan fingerprint density at radius 1 is 1.26 bits per heavy atom. The van der Waals surface area contributed by atoms with Gasteiger partial charge >= 0.3 is 0 Å². The van der Waals surface area contributed by atoms with Crippen molar-refractivity contribution in [2.24, 2.45) is 0 Å². The summed E-state index contributed by atoms with van der Waals surface area (Å²) in [5.74, 6) is 0. The molecule has 4 atom stereocenters. The molecule has 0 spiro atoms. The van der Waals surface area contributed by atoms with Gasteiger partial charge in [0.2, 0.25) is 0 Å². The maximum atomic E-state index is 12.6. The largest absolute Gasteiger partial charge is 0.411 e. The van der Waals surface area contributed by atoms with E-state index in [0.717, 1.165) is 17.7 Å². The van der Waals surface area contributed by atoms with Crippen LogP contribution in [-0.4, -0.2) is 30.2 Å². The molecule has 0 saturated carbocycles. The highest BCUT2D eigenvalue weighted by atomic mass is 32.2. The second kappa shape index (κ2) is 7.17. The van der Waals surface area contributed by atoms with E-state index in [1.807, 2.05) is 30.3 Å². The molecule has 1 aliphatic heterocycles. The van der Waals surface area contributed by atoms with E-state index in [9.17, 15) is 4.21 Å². The molecule has 0 amide bonds. The minimum atomic E-state index is -1.85. The fraction of sp³-hybridized carbons (Fsp3) is 0.667. The van der Waals surface area contributed by atoms with E-state index < -0.39 is 19.1 Å². The standard InChI is InChI=1S/C18H30O3SSi/c1-7-11-15(21-23(5,6)18(2,3)4)16-17(20-16)22(19)14-12-9-8-10-13-14/h8-10,12-13,15-17H,7,11H2,1-6H3/t15-,16+,17+,22?/m0/s1. The summed E-state index contributed by atoms with van der Waals surface area (Å²) in [6.45, 7) is 13.4. The Balaban J connectivity index is 2.05. The van der Waals surface area contributed by atoms with E-state index in [1.54, 1.807) is 0 Å². The number of hydrogen-bond acceptors (Lipinski definition) is 3. The summed E-state index contributed by atoms with van der Waals surface area (Å²) in [5.41, 5.74) is -0.223. The lowest BCUT2D eigenvalue weighted by Gasteiger charge is -2.39. The molecule has 0 bridgehead atoms. The lowest BCUT2D eigenvalue weighted by Crippen LogP contribution is -2.45. The molecular formula is C18H30O3SSi. The molecule has 1 unspecified atom stereocenters. The molecule has 0 radical (unpaired) electrons. The van der Waals surface area contributed by atoms with Crippen LogP contribution in [0.15, 0.2) is 35.2 Å². The summed E-state index contributed by atoms with van der Waals surface area (Å²) < 4.78 is 25.0. The Morgan fingerprint density at radius 2 is 1.87 bits per heavy atom. The fourth-order valence-electron chi connectivity index (χ4n) is 2.36. The minimum absolute atomic E-state index is 0.0369. The lowest BCUT2D eigenvalue weighted by molar-refractivity contribution is 0.133.